The first-order valence-corrected chi connectivity index (χ1v) is 11.1. The molecule has 1 saturated heterocycles. The Kier molecular flexibility index (Phi) is 5.54. The standard InChI is InChI=1S/C22H29N3O2S/c1-16(2)21(26)25-11-8-22(27,9-12-25)19-15-28-20(23-19)14-24-10-7-17-5-3-4-6-18(17)13-24/h3-6,15-16,27H,7-14H2,1-2H3. The first-order valence-electron chi connectivity index (χ1n) is 10.2. The molecule has 1 amide bonds. The van der Waals surface area contributed by atoms with Gasteiger partial charge in [0.15, 0.2) is 0 Å². The normalized spacial score (nSPS) is 19.6. The highest BCUT2D eigenvalue weighted by Gasteiger charge is 2.37. The SMILES string of the molecule is CC(C)C(=O)N1CCC(O)(c2csc(CN3CCc4ccccc4C3)n2)CC1. The fraction of sp³-hybridized carbons (Fsp3) is 0.545. The molecule has 6 heteroatoms. The zero-order valence-electron chi connectivity index (χ0n) is 16.7. The zero-order valence-corrected chi connectivity index (χ0v) is 17.5. The number of likely N-dealkylation sites (tertiary alicyclic amines) is 1. The lowest BCUT2D eigenvalue weighted by molar-refractivity contribution is -0.139. The maximum Gasteiger partial charge on any atom is 0.225 e. The summed E-state index contributed by atoms with van der Waals surface area (Å²) in [6.45, 7) is 7.88. The number of aliphatic hydroxyl groups is 1. The lowest BCUT2D eigenvalue weighted by Gasteiger charge is -2.38. The fourth-order valence-corrected chi connectivity index (χ4v) is 5.12. The summed E-state index contributed by atoms with van der Waals surface area (Å²) in [6.07, 6.45) is 2.20. The number of aromatic nitrogens is 1. The van der Waals surface area contributed by atoms with E-state index in [9.17, 15) is 9.90 Å². The van der Waals surface area contributed by atoms with E-state index in [1.165, 1.54) is 11.1 Å². The van der Waals surface area contributed by atoms with Gasteiger partial charge in [-0.1, -0.05) is 38.1 Å². The van der Waals surface area contributed by atoms with Crippen LogP contribution in [0.25, 0.3) is 0 Å². The number of thiazole rings is 1. The number of carbonyl (C=O) groups is 1. The van der Waals surface area contributed by atoms with Crippen molar-refractivity contribution in [2.75, 3.05) is 19.6 Å². The molecule has 0 radical (unpaired) electrons. The molecule has 1 aromatic carbocycles. The molecule has 2 aromatic rings. The Bertz CT molecular complexity index is 840. The van der Waals surface area contributed by atoms with Crippen molar-refractivity contribution in [2.45, 2.75) is 51.8 Å². The monoisotopic (exact) mass is 399 g/mol. The number of rotatable bonds is 4. The number of fused-ring (bicyclic) bond motifs is 1. The van der Waals surface area contributed by atoms with Crippen molar-refractivity contribution >= 4 is 17.2 Å². The molecular formula is C22H29N3O2S. The number of hydrogen-bond acceptors (Lipinski definition) is 5. The van der Waals surface area contributed by atoms with Crippen molar-refractivity contribution in [3.63, 3.8) is 0 Å². The van der Waals surface area contributed by atoms with Crippen LogP contribution in [0.3, 0.4) is 0 Å². The van der Waals surface area contributed by atoms with E-state index in [-0.39, 0.29) is 11.8 Å². The second-order valence-corrected chi connectivity index (χ2v) is 9.31. The highest BCUT2D eigenvalue weighted by Crippen LogP contribution is 2.34. The van der Waals surface area contributed by atoms with E-state index in [0.29, 0.717) is 25.9 Å². The average molecular weight is 400 g/mol. The highest BCUT2D eigenvalue weighted by atomic mass is 32.1. The second-order valence-electron chi connectivity index (χ2n) is 8.37. The van der Waals surface area contributed by atoms with Gasteiger partial charge in [0.25, 0.3) is 0 Å². The Morgan fingerprint density at radius 2 is 1.93 bits per heavy atom. The summed E-state index contributed by atoms with van der Waals surface area (Å²) in [4.78, 5) is 21.3. The summed E-state index contributed by atoms with van der Waals surface area (Å²) in [7, 11) is 0. The number of carbonyl (C=O) groups excluding carboxylic acids is 1. The van der Waals surface area contributed by atoms with Crippen LogP contribution in [0.2, 0.25) is 0 Å². The van der Waals surface area contributed by atoms with Gasteiger partial charge in [-0.05, 0) is 30.4 Å². The van der Waals surface area contributed by atoms with Gasteiger partial charge in [-0.25, -0.2) is 4.98 Å². The molecule has 0 spiro atoms. The van der Waals surface area contributed by atoms with Crippen molar-refractivity contribution in [3.8, 4) is 0 Å². The Morgan fingerprint density at radius 3 is 2.64 bits per heavy atom. The third kappa shape index (κ3) is 4.00. The molecule has 150 valence electrons. The second kappa shape index (κ2) is 7.93. The Labute approximate surface area is 171 Å². The van der Waals surface area contributed by atoms with Gasteiger partial charge in [0, 0.05) is 37.5 Å². The third-order valence-corrected chi connectivity index (χ3v) is 6.83. The molecule has 28 heavy (non-hydrogen) atoms. The van der Waals surface area contributed by atoms with E-state index in [4.69, 9.17) is 4.98 Å². The van der Waals surface area contributed by atoms with Crippen molar-refractivity contribution in [1.82, 2.24) is 14.8 Å². The van der Waals surface area contributed by atoms with Crippen LogP contribution in [0, 0.1) is 5.92 Å². The third-order valence-electron chi connectivity index (χ3n) is 5.99. The maximum absolute atomic E-state index is 12.2. The molecule has 2 aliphatic heterocycles. The minimum atomic E-state index is -0.906. The lowest BCUT2D eigenvalue weighted by Crippen LogP contribution is -2.46. The maximum atomic E-state index is 12.2. The van der Waals surface area contributed by atoms with Gasteiger partial charge in [-0.15, -0.1) is 11.3 Å². The quantitative estimate of drug-likeness (QED) is 0.858. The number of nitrogens with zero attached hydrogens (tertiary/aromatic N) is 3. The Balaban J connectivity index is 1.38. The molecule has 0 bridgehead atoms. The first kappa shape index (κ1) is 19.6. The van der Waals surface area contributed by atoms with Crippen LogP contribution in [0.1, 0.15) is 48.5 Å². The molecule has 2 aliphatic rings. The van der Waals surface area contributed by atoms with Gasteiger partial charge in [0.05, 0.1) is 12.2 Å². The predicted octanol–water partition coefficient (Wildman–Crippen LogP) is 3.17. The summed E-state index contributed by atoms with van der Waals surface area (Å²) in [5, 5.41) is 14.2. The van der Waals surface area contributed by atoms with E-state index in [2.05, 4.69) is 29.2 Å². The Morgan fingerprint density at radius 1 is 1.21 bits per heavy atom. The van der Waals surface area contributed by atoms with Crippen LogP contribution in [-0.2, 0) is 29.9 Å². The molecule has 4 rings (SSSR count). The molecule has 3 heterocycles. The van der Waals surface area contributed by atoms with Crippen LogP contribution in [0.15, 0.2) is 29.6 Å². The summed E-state index contributed by atoms with van der Waals surface area (Å²) < 4.78 is 0. The minimum absolute atomic E-state index is 0.00624. The largest absolute Gasteiger partial charge is 0.383 e. The van der Waals surface area contributed by atoms with Crippen molar-refractivity contribution in [2.24, 2.45) is 5.92 Å². The van der Waals surface area contributed by atoms with Gasteiger partial charge in [-0.2, -0.15) is 0 Å². The number of amides is 1. The minimum Gasteiger partial charge on any atom is -0.383 e. The average Bonchev–Trinajstić information content (AvgIpc) is 3.17. The zero-order chi connectivity index (χ0) is 19.7. The molecule has 1 N–H and O–H groups in total. The van der Waals surface area contributed by atoms with E-state index >= 15 is 0 Å². The van der Waals surface area contributed by atoms with Crippen LogP contribution in [0.5, 0.6) is 0 Å². The van der Waals surface area contributed by atoms with E-state index < -0.39 is 5.60 Å². The van der Waals surface area contributed by atoms with Gasteiger partial charge in [0.2, 0.25) is 5.91 Å². The van der Waals surface area contributed by atoms with Crippen LogP contribution < -0.4 is 0 Å². The van der Waals surface area contributed by atoms with Gasteiger partial charge in [-0.3, -0.25) is 9.69 Å². The fourth-order valence-electron chi connectivity index (χ4n) is 4.20. The summed E-state index contributed by atoms with van der Waals surface area (Å²) >= 11 is 1.64. The van der Waals surface area contributed by atoms with Crippen LogP contribution in [0.4, 0.5) is 0 Å². The Hall–Kier alpha value is -1.76. The smallest absolute Gasteiger partial charge is 0.225 e. The van der Waals surface area contributed by atoms with E-state index in [0.717, 1.165) is 36.8 Å². The molecule has 0 aliphatic carbocycles. The summed E-state index contributed by atoms with van der Waals surface area (Å²) in [5.41, 5.74) is 2.74. The van der Waals surface area contributed by atoms with E-state index in [1.807, 2.05) is 24.1 Å². The molecular weight excluding hydrogens is 370 g/mol. The van der Waals surface area contributed by atoms with Crippen molar-refractivity contribution < 1.29 is 9.90 Å². The molecule has 5 nitrogen and oxygen atoms in total. The van der Waals surface area contributed by atoms with Gasteiger partial charge in [0.1, 0.15) is 10.6 Å². The molecule has 1 aromatic heterocycles. The van der Waals surface area contributed by atoms with Crippen LogP contribution in [-0.4, -0.2) is 45.4 Å². The highest BCUT2D eigenvalue weighted by molar-refractivity contribution is 7.09. The van der Waals surface area contributed by atoms with Crippen molar-refractivity contribution in [1.29, 1.82) is 0 Å². The van der Waals surface area contributed by atoms with Gasteiger partial charge >= 0.3 is 0 Å². The molecule has 0 saturated carbocycles. The lowest BCUT2D eigenvalue weighted by atomic mass is 9.88. The predicted molar refractivity (Wildman–Crippen MR) is 111 cm³/mol. The molecule has 0 unspecified atom stereocenters. The van der Waals surface area contributed by atoms with Gasteiger partial charge < -0.3 is 10.0 Å². The van der Waals surface area contributed by atoms with E-state index in [1.54, 1.807) is 11.3 Å². The number of benzene rings is 1. The first-order chi connectivity index (χ1) is 13.4. The van der Waals surface area contributed by atoms with Crippen LogP contribution >= 0.6 is 11.3 Å². The summed E-state index contributed by atoms with van der Waals surface area (Å²) in [5.74, 6) is 0.179. The summed E-state index contributed by atoms with van der Waals surface area (Å²) in [6, 6.07) is 8.65. The van der Waals surface area contributed by atoms with Crippen molar-refractivity contribution in [3.05, 3.63) is 51.5 Å². The molecule has 0 atom stereocenters. The number of hydrogen-bond donors (Lipinski definition) is 1. The molecule has 1 fully saturated rings. The topological polar surface area (TPSA) is 56.7 Å². The number of piperidine rings is 1.